The predicted molar refractivity (Wildman–Crippen MR) is 155 cm³/mol. The molecule has 10 heteroatoms. The smallest absolute Gasteiger partial charge is 0.251 e. The van der Waals surface area contributed by atoms with Crippen molar-refractivity contribution in [1.29, 1.82) is 0 Å². The molecule has 2 amide bonds. The maximum absolute atomic E-state index is 13.5. The molecule has 0 bridgehead atoms. The van der Waals surface area contributed by atoms with Crippen molar-refractivity contribution in [1.82, 2.24) is 30.8 Å². The van der Waals surface area contributed by atoms with Gasteiger partial charge in [-0.15, -0.1) is 5.10 Å². The molecule has 0 unspecified atom stereocenters. The number of Topliss-reactive ketones (excluding diaryl/α,β-unsaturated/α-hetero) is 1. The Bertz CT molecular complexity index is 1590. The summed E-state index contributed by atoms with van der Waals surface area (Å²) < 4.78 is 1.56. The number of aryl methyl sites for hydroxylation is 1. The monoisotopic (exact) mass is 568 g/mol. The maximum atomic E-state index is 13.5. The normalized spacial score (nSPS) is 13.6. The van der Waals surface area contributed by atoms with Crippen LogP contribution in [0.5, 0.6) is 0 Å². The Morgan fingerprint density at radius 1 is 1.10 bits per heavy atom. The van der Waals surface area contributed by atoms with Gasteiger partial charge in [-0.05, 0) is 89.2 Å². The molecule has 208 valence electrons. The van der Waals surface area contributed by atoms with Crippen molar-refractivity contribution in [2.75, 3.05) is 6.54 Å². The van der Waals surface area contributed by atoms with Crippen molar-refractivity contribution in [3.63, 3.8) is 0 Å². The van der Waals surface area contributed by atoms with Crippen molar-refractivity contribution in [3.8, 4) is 5.69 Å². The highest BCUT2D eigenvalue weighted by atomic mass is 35.5. The number of tetrazole rings is 1. The van der Waals surface area contributed by atoms with Gasteiger partial charge in [-0.3, -0.25) is 14.4 Å². The molecule has 0 fully saturated rings. The molecule has 1 aliphatic rings. The number of carbonyl (C=O) groups is 3. The standard InChI is InChI=1S/C31H29ClN6O3/c1-20-14-24-16-23(10-12-26(24)31(41)33-18-20)30(40)35-27(15-21-6-3-2-4-7-21)29(39)9-5-8-22-17-25(32)11-13-28(22)38-19-34-36-37-38/h2-4,6-7,10-13,16-17,19,27H,1,5,8-9,14-15,18H2,(H,33,41)(H,35,40)/t27-/m0/s1. The van der Waals surface area contributed by atoms with E-state index in [4.69, 9.17) is 11.6 Å². The molecular weight excluding hydrogens is 540 g/mol. The molecular formula is C31H29ClN6O3. The number of carbonyl (C=O) groups excluding carboxylic acids is 3. The first-order valence-corrected chi connectivity index (χ1v) is 13.7. The first-order chi connectivity index (χ1) is 19.9. The zero-order valence-electron chi connectivity index (χ0n) is 22.3. The summed E-state index contributed by atoms with van der Waals surface area (Å²) in [4.78, 5) is 39.3. The average molecular weight is 569 g/mol. The van der Waals surface area contributed by atoms with Crippen LogP contribution >= 0.6 is 11.6 Å². The van der Waals surface area contributed by atoms with E-state index in [1.165, 1.54) is 6.33 Å². The number of aromatic nitrogens is 4. The second kappa shape index (κ2) is 12.7. The van der Waals surface area contributed by atoms with Gasteiger partial charge >= 0.3 is 0 Å². The Hall–Kier alpha value is -4.63. The molecule has 3 aromatic carbocycles. The number of nitrogens with one attached hydrogen (secondary N) is 2. The Kier molecular flexibility index (Phi) is 8.64. The topological polar surface area (TPSA) is 119 Å². The van der Waals surface area contributed by atoms with Crippen molar-refractivity contribution >= 4 is 29.2 Å². The first-order valence-electron chi connectivity index (χ1n) is 13.3. The molecule has 4 aromatic rings. The van der Waals surface area contributed by atoms with E-state index in [0.717, 1.165) is 28.0 Å². The van der Waals surface area contributed by atoms with Crippen LogP contribution in [-0.4, -0.2) is 50.4 Å². The summed E-state index contributed by atoms with van der Waals surface area (Å²) in [6.07, 6.45) is 3.74. The molecule has 0 aliphatic carbocycles. The predicted octanol–water partition coefficient (Wildman–Crippen LogP) is 4.09. The minimum Gasteiger partial charge on any atom is -0.348 e. The van der Waals surface area contributed by atoms with Gasteiger partial charge in [0.25, 0.3) is 11.8 Å². The summed E-state index contributed by atoms with van der Waals surface area (Å²) in [6.45, 7) is 4.40. The van der Waals surface area contributed by atoms with Crippen LogP contribution < -0.4 is 10.6 Å². The van der Waals surface area contributed by atoms with Crippen LogP contribution in [0, 0.1) is 0 Å². The largest absolute Gasteiger partial charge is 0.348 e. The Balaban J connectivity index is 1.30. The number of hydrogen-bond donors (Lipinski definition) is 2. The molecule has 2 heterocycles. The van der Waals surface area contributed by atoms with Crippen LogP contribution in [0.3, 0.4) is 0 Å². The maximum Gasteiger partial charge on any atom is 0.251 e. The van der Waals surface area contributed by atoms with Gasteiger partial charge in [-0.2, -0.15) is 0 Å². The van der Waals surface area contributed by atoms with Crippen LogP contribution in [0.2, 0.25) is 5.02 Å². The number of fused-ring (bicyclic) bond motifs is 1. The van der Waals surface area contributed by atoms with E-state index in [0.29, 0.717) is 48.4 Å². The number of ketones is 1. The second-order valence-corrected chi connectivity index (χ2v) is 10.5. The SMILES string of the molecule is C=C1CNC(=O)c2ccc(C(=O)N[C@@H](Cc3ccccc3)C(=O)CCCc3cc(Cl)ccc3-n3cnnn3)cc2C1. The Morgan fingerprint density at radius 2 is 1.93 bits per heavy atom. The molecule has 0 radical (unpaired) electrons. The number of nitrogens with zero attached hydrogens (tertiary/aromatic N) is 4. The van der Waals surface area contributed by atoms with Crippen molar-refractivity contribution in [2.24, 2.45) is 0 Å². The van der Waals surface area contributed by atoms with E-state index in [2.05, 4.69) is 32.7 Å². The third kappa shape index (κ3) is 6.93. The number of amides is 2. The molecule has 9 nitrogen and oxygen atoms in total. The fraction of sp³-hybridized carbons (Fsp3) is 0.226. The number of halogens is 1. The Labute approximate surface area is 242 Å². The highest BCUT2D eigenvalue weighted by Crippen LogP contribution is 2.22. The van der Waals surface area contributed by atoms with Crippen molar-refractivity contribution in [2.45, 2.75) is 38.1 Å². The summed E-state index contributed by atoms with van der Waals surface area (Å²) in [5, 5.41) is 17.7. The molecule has 41 heavy (non-hydrogen) atoms. The molecule has 0 saturated carbocycles. The quantitative estimate of drug-likeness (QED) is 0.278. The number of rotatable bonds is 10. The average Bonchev–Trinajstić information content (AvgIpc) is 3.46. The molecule has 0 saturated heterocycles. The van der Waals surface area contributed by atoms with E-state index in [1.807, 2.05) is 42.5 Å². The van der Waals surface area contributed by atoms with Gasteiger partial charge in [-0.25, -0.2) is 4.68 Å². The summed E-state index contributed by atoms with van der Waals surface area (Å²) in [5.74, 6) is -0.630. The van der Waals surface area contributed by atoms with Crippen LogP contribution in [-0.2, 0) is 24.1 Å². The fourth-order valence-corrected chi connectivity index (χ4v) is 5.14. The molecule has 1 aliphatic heterocycles. The van der Waals surface area contributed by atoms with Crippen molar-refractivity contribution in [3.05, 3.63) is 118 Å². The van der Waals surface area contributed by atoms with Gasteiger partial charge in [0.2, 0.25) is 0 Å². The van der Waals surface area contributed by atoms with Crippen LogP contribution in [0.25, 0.3) is 5.69 Å². The lowest BCUT2D eigenvalue weighted by atomic mass is 9.96. The highest BCUT2D eigenvalue weighted by Gasteiger charge is 2.24. The molecule has 0 spiro atoms. The van der Waals surface area contributed by atoms with E-state index < -0.39 is 6.04 Å². The molecule has 2 N–H and O–H groups in total. The summed E-state index contributed by atoms with van der Waals surface area (Å²) in [5.41, 5.74) is 5.16. The summed E-state index contributed by atoms with van der Waals surface area (Å²) in [7, 11) is 0. The van der Waals surface area contributed by atoms with E-state index in [9.17, 15) is 14.4 Å². The minimum atomic E-state index is -0.722. The lowest BCUT2D eigenvalue weighted by Crippen LogP contribution is -2.42. The lowest BCUT2D eigenvalue weighted by molar-refractivity contribution is -0.121. The zero-order valence-corrected chi connectivity index (χ0v) is 23.1. The number of hydrogen-bond acceptors (Lipinski definition) is 6. The third-order valence-corrected chi connectivity index (χ3v) is 7.27. The Morgan fingerprint density at radius 3 is 2.71 bits per heavy atom. The van der Waals surface area contributed by atoms with Gasteiger partial charge in [0.1, 0.15) is 6.33 Å². The second-order valence-electron chi connectivity index (χ2n) is 10.0. The van der Waals surface area contributed by atoms with Crippen molar-refractivity contribution < 1.29 is 14.4 Å². The molecule has 1 aromatic heterocycles. The highest BCUT2D eigenvalue weighted by molar-refractivity contribution is 6.30. The zero-order chi connectivity index (χ0) is 28.8. The van der Waals surface area contributed by atoms with E-state index >= 15 is 0 Å². The van der Waals surface area contributed by atoms with Gasteiger partial charge < -0.3 is 10.6 Å². The molecule has 5 rings (SSSR count). The van der Waals surface area contributed by atoms with E-state index in [1.54, 1.807) is 28.9 Å². The summed E-state index contributed by atoms with van der Waals surface area (Å²) >= 11 is 6.24. The van der Waals surface area contributed by atoms with E-state index in [-0.39, 0.29) is 24.0 Å². The first kappa shape index (κ1) is 27.9. The summed E-state index contributed by atoms with van der Waals surface area (Å²) in [6, 6.07) is 19.3. The minimum absolute atomic E-state index is 0.0734. The van der Waals surface area contributed by atoms with Crippen LogP contribution in [0.1, 0.15) is 50.2 Å². The fourth-order valence-electron chi connectivity index (χ4n) is 4.95. The van der Waals surface area contributed by atoms with Crippen LogP contribution in [0.15, 0.2) is 85.2 Å². The molecule has 1 atom stereocenters. The third-order valence-electron chi connectivity index (χ3n) is 7.03. The van der Waals surface area contributed by atoms with Gasteiger partial charge in [-0.1, -0.05) is 54.1 Å². The lowest BCUT2D eigenvalue weighted by Gasteiger charge is -2.19. The number of benzene rings is 3. The van der Waals surface area contributed by atoms with Gasteiger partial charge in [0.15, 0.2) is 5.78 Å². The van der Waals surface area contributed by atoms with Crippen LogP contribution in [0.4, 0.5) is 0 Å². The van der Waals surface area contributed by atoms with Gasteiger partial charge in [0, 0.05) is 29.1 Å². The van der Waals surface area contributed by atoms with Gasteiger partial charge in [0.05, 0.1) is 11.7 Å².